The standard InChI is InChI=1S/C14H17FN2O2S2/c1-2-9-16-10-13-7-8-14(20-13)21(18,19)17-12-5-3-11(15)4-6-12/h3-8,16-17H,2,9-10H2,1H3. The summed E-state index contributed by atoms with van der Waals surface area (Å²) in [6, 6.07) is 8.60. The van der Waals surface area contributed by atoms with E-state index in [-0.39, 0.29) is 4.21 Å². The van der Waals surface area contributed by atoms with Crippen molar-refractivity contribution in [2.24, 2.45) is 0 Å². The Morgan fingerprint density at radius 3 is 2.52 bits per heavy atom. The second kappa shape index (κ2) is 7.02. The van der Waals surface area contributed by atoms with Crippen LogP contribution < -0.4 is 10.0 Å². The van der Waals surface area contributed by atoms with Gasteiger partial charge in [0.15, 0.2) is 0 Å². The molecule has 1 heterocycles. The highest BCUT2D eigenvalue weighted by Crippen LogP contribution is 2.24. The van der Waals surface area contributed by atoms with Crippen LogP contribution >= 0.6 is 11.3 Å². The largest absolute Gasteiger partial charge is 0.312 e. The molecule has 0 saturated heterocycles. The first kappa shape index (κ1) is 15.9. The fraction of sp³-hybridized carbons (Fsp3) is 0.286. The highest BCUT2D eigenvalue weighted by molar-refractivity contribution is 7.94. The summed E-state index contributed by atoms with van der Waals surface area (Å²) in [5, 5.41) is 3.23. The molecule has 1 aromatic heterocycles. The summed E-state index contributed by atoms with van der Waals surface area (Å²) < 4.78 is 39.9. The molecule has 0 spiro atoms. The van der Waals surface area contributed by atoms with Crippen LogP contribution in [0, 0.1) is 5.82 Å². The fourth-order valence-corrected chi connectivity index (χ4v) is 4.09. The molecule has 4 nitrogen and oxygen atoms in total. The predicted molar refractivity (Wildman–Crippen MR) is 83.5 cm³/mol. The van der Waals surface area contributed by atoms with Gasteiger partial charge < -0.3 is 5.32 Å². The maximum atomic E-state index is 12.8. The van der Waals surface area contributed by atoms with Crippen LogP contribution in [0.2, 0.25) is 0 Å². The molecule has 0 fully saturated rings. The minimum absolute atomic E-state index is 0.250. The molecule has 0 radical (unpaired) electrons. The zero-order chi connectivity index (χ0) is 15.3. The molecule has 1 aromatic carbocycles. The minimum atomic E-state index is -3.62. The van der Waals surface area contributed by atoms with Crippen molar-refractivity contribution < 1.29 is 12.8 Å². The number of benzene rings is 1. The third kappa shape index (κ3) is 4.52. The lowest BCUT2D eigenvalue weighted by Crippen LogP contribution is -2.13. The van der Waals surface area contributed by atoms with Crippen molar-refractivity contribution in [1.82, 2.24) is 5.32 Å². The van der Waals surface area contributed by atoms with Crippen molar-refractivity contribution in [3.05, 3.63) is 47.1 Å². The SMILES string of the molecule is CCCNCc1ccc(S(=O)(=O)Nc2ccc(F)cc2)s1. The number of nitrogens with one attached hydrogen (secondary N) is 2. The van der Waals surface area contributed by atoms with Gasteiger partial charge in [-0.05, 0) is 49.4 Å². The molecule has 2 rings (SSSR count). The Morgan fingerprint density at radius 1 is 1.14 bits per heavy atom. The summed E-state index contributed by atoms with van der Waals surface area (Å²) in [6.07, 6.45) is 1.03. The van der Waals surface area contributed by atoms with Gasteiger partial charge >= 0.3 is 0 Å². The molecule has 0 aliphatic carbocycles. The molecular formula is C14H17FN2O2S2. The number of rotatable bonds is 7. The lowest BCUT2D eigenvalue weighted by molar-refractivity contribution is 0.603. The number of hydrogen-bond donors (Lipinski definition) is 2. The van der Waals surface area contributed by atoms with Gasteiger partial charge in [-0.25, -0.2) is 12.8 Å². The second-order valence-electron chi connectivity index (χ2n) is 4.51. The third-order valence-corrected chi connectivity index (χ3v) is 5.68. The van der Waals surface area contributed by atoms with Crippen LogP contribution in [0.5, 0.6) is 0 Å². The highest BCUT2D eigenvalue weighted by atomic mass is 32.2. The van der Waals surface area contributed by atoms with Gasteiger partial charge in [0, 0.05) is 17.1 Å². The van der Waals surface area contributed by atoms with Crippen molar-refractivity contribution in [3.63, 3.8) is 0 Å². The maximum Gasteiger partial charge on any atom is 0.271 e. The summed E-state index contributed by atoms with van der Waals surface area (Å²) in [5.74, 6) is -0.404. The van der Waals surface area contributed by atoms with Gasteiger partial charge in [0.1, 0.15) is 10.0 Å². The molecule has 21 heavy (non-hydrogen) atoms. The smallest absolute Gasteiger partial charge is 0.271 e. The first-order valence-corrected chi connectivity index (χ1v) is 8.89. The first-order chi connectivity index (χ1) is 10.0. The Labute approximate surface area is 128 Å². The van der Waals surface area contributed by atoms with Crippen LogP contribution in [0.25, 0.3) is 0 Å². The van der Waals surface area contributed by atoms with Gasteiger partial charge in [-0.2, -0.15) is 0 Å². The first-order valence-electron chi connectivity index (χ1n) is 6.59. The van der Waals surface area contributed by atoms with E-state index in [1.807, 2.05) is 0 Å². The van der Waals surface area contributed by atoms with Gasteiger partial charge in [-0.1, -0.05) is 6.92 Å². The van der Waals surface area contributed by atoms with Gasteiger partial charge in [0.25, 0.3) is 10.0 Å². The van der Waals surface area contributed by atoms with Crippen LogP contribution in [0.4, 0.5) is 10.1 Å². The lowest BCUT2D eigenvalue weighted by Gasteiger charge is -2.05. The molecule has 0 atom stereocenters. The van der Waals surface area contributed by atoms with Crippen molar-refractivity contribution in [1.29, 1.82) is 0 Å². The van der Waals surface area contributed by atoms with E-state index >= 15 is 0 Å². The summed E-state index contributed by atoms with van der Waals surface area (Å²) in [4.78, 5) is 0.961. The van der Waals surface area contributed by atoms with Crippen molar-refractivity contribution in [2.75, 3.05) is 11.3 Å². The molecule has 0 aliphatic heterocycles. The van der Waals surface area contributed by atoms with E-state index in [1.165, 1.54) is 35.6 Å². The molecule has 114 valence electrons. The van der Waals surface area contributed by atoms with E-state index < -0.39 is 15.8 Å². The Kier molecular flexibility index (Phi) is 5.33. The van der Waals surface area contributed by atoms with Crippen molar-refractivity contribution in [2.45, 2.75) is 24.1 Å². The molecular weight excluding hydrogens is 311 g/mol. The van der Waals surface area contributed by atoms with Crippen LogP contribution in [-0.4, -0.2) is 15.0 Å². The summed E-state index contributed by atoms with van der Waals surface area (Å²) >= 11 is 1.23. The molecule has 0 unspecified atom stereocenters. The average Bonchev–Trinajstić information content (AvgIpc) is 2.91. The van der Waals surface area contributed by atoms with Crippen molar-refractivity contribution in [3.8, 4) is 0 Å². The average molecular weight is 328 g/mol. The monoisotopic (exact) mass is 328 g/mol. The van der Waals surface area contributed by atoms with E-state index in [0.29, 0.717) is 12.2 Å². The predicted octanol–water partition coefficient (Wildman–Crippen LogP) is 3.19. The van der Waals surface area contributed by atoms with E-state index in [0.717, 1.165) is 17.8 Å². The Bertz CT molecular complexity index is 681. The minimum Gasteiger partial charge on any atom is -0.312 e. The Morgan fingerprint density at radius 2 is 1.86 bits per heavy atom. The van der Waals surface area contributed by atoms with E-state index in [9.17, 15) is 12.8 Å². The molecule has 0 bridgehead atoms. The fourth-order valence-electron chi connectivity index (χ4n) is 1.71. The number of thiophene rings is 1. The zero-order valence-corrected chi connectivity index (χ0v) is 13.2. The third-order valence-electron chi connectivity index (χ3n) is 2.72. The van der Waals surface area contributed by atoms with Crippen LogP contribution in [0.15, 0.2) is 40.6 Å². The molecule has 2 N–H and O–H groups in total. The van der Waals surface area contributed by atoms with E-state index in [4.69, 9.17) is 0 Å². The Hall–Kier alpha value is -1.44. The quantitative estimate of drug-likeness (QED) is 0.768. The van der Waals surface area contributed by atoms with Gasteiger partial charge in [0.05, 0.1) is 0 Å². The molecule has 0 amide bonds. The van der Waals surface area contributed by atoms with E-state index in [1.54, 1.807) is 12.1 Å². The van der Waals surface area contributed by atoms with Crippen LogP contribution in [-0.2, 0) is 16.6 Å². The summed E-state index contributed by atoms with van der Waals surface area (Å²) in [6.45, 7) is 3.63. The Balaban J connectivity index is 2.07. The number of sulfonamides is 1. The zero-order valence-electron chi connectivity index (χ0n) is 11.6. The lowest BCUT2D eigenvalue weighted by atomic mass is 10.3. The van der Waals surface area contributed by atoms with Gasteiger partial charge in [-0.3, -0.25) is 4.72 Å². The molecule has 7 heteroatoms. The van der Waals surface area contributed by atoms with E-state index in [2.05, 4.69) is 17.0 Å². The second-order valence-corrected chi connectivity index (χ2v) is 7.59. The van der Waals surface area contributed by atoms with Crippen LogP contribution in [0.1, 0.15) is 18.2 Å². The van der Waals surface area contributed by atoms with Crippen molar-refractivity contribution >= 4 is 27.0 Å². The molecule has 0 aliphatic rings. The summed E-state index contributed by atoms with van der Waals surface area (Å²) in [7, 11) is -3.62. The normalized spacial score (nSPS) is 11.5. The van der Waals surface area contributed by atoms with Gasteiger partial charge in [0.2, 0.25) is 0 Å². The number of halogens is 1. The summed E-state index contributed by atoms with van der Waals surface area (Å²) in [5.41, 5.74) is 0.343. The number of hydrogen-bond acceptors (Lipinski definition) is 4. The van der Waals surface area contributed by atoms with Crippen LogP contribution in [0.3, 0.4) is 0 Å². The maximum absolute atomic E-state index is 12.8. The topological polar surface area (TPSA) is 58.2 Å². The van der Waals surface area contributed by atoms with Gasteiger partial charge in [-0.15, -0.1) is 11.3 Å². The molecule has 2 aromatic rings. The molecule has 0 saturated carbocycles. The number of anilines is 1. The highest BCUT2D eigenvalue weighted by Gasteiger charge is 2.16.